The van der Waals surface area contributed by atoms with Gasteiger partial charge in [-0.3, -0.25) is 0 Å². The number of nitrogens with one attached hydrogen (secondary N) is 2. The van der Waals surface area contributed by atoms with Crippen LogP contribution in [0.5, 0.6) is 0 Å². The van der Waals surface area contributed by atoms with Crippen molar-refractivity contribution < 1.29 is 13.5 Å². The molecule has 114 valence electrons. The van der Waals surface area contributed by atoms with Crippen molar-refractivity contribution in [3.05, 3.63) is 18.2 Å². The third-order valence-electron chi connectivity index (χ3n) is 3.01. The van der Waals surface area contributed by atoms with E-state index < -0.39 is 15.6 Å². The van der Waals surface area contributed by atoms with Crippen molar-refractivity contribution in [2.75, 3.05) is 24.6 Å². The van der Waals surface area contributed by atoms with Gasteiger partial charge in [0, 0.05) is 12.2 Å². The lowest BCUT2D eigenvalue weighted by molar-refractivity contribution is 0.0636. The maximum absolute atomic E-state index is 12.0. The van der Waals surface area contributed by atoms with Gasteiger partial charge in [-0.15, -0.1) is 0 Å². The standard InChI is InChI=1S/C13H23N3O3S/c1-4-7-13(2,17)9-16-11-6-5-10(14)8-12(11)20(18,19)15-3/h5-6,8,15-17H,4,7,9,14H2,1-3H3. The Morgan fingerprint density at radius 2 is 2.05 bits per heavy atom. The van der Waals surface area contributed by atoms with Crippen LogP contribution in [0.15, 0.2) is 23.1 Å². The van der Waals surface area contributed by atoms with Gasteiger partial charge < -0.3 is 16.2 Å². The summed E-state index contributed by atoms with van der Waals surface area (Å²) in [6.07, 6.45) is 1.47. The molecule has 20 heavy (non-hydrogen) atoms. The van der Waals surface area contributed by atoms with E-state index in [9.17, 15) is 13.5 Å². The van der Waals surface area contributed by atoms with Crippen LogP contribution in [-0.4, -0.2) is 32.7 Å². The summed E-state index contributed by atoms with van der Waals surface area (Å²) >= 11 is 0. The van der Waals surface area contributed by atoms with Crippen LogP contribution < -0.4 is 15.8 Å². The SMILES string of the molecule is CCCC(C)(O)CNc1ccc(N)cc1S(=O)(=O)NC. The number of rotatable bonds is 7. The molecule has 1 aromatic rings. The number of hydrogen-bond acceptors (Lipinski definition) is 5. The normalized spacial score (nSPS) is 14.8. The van der Waals surface area contributed by atoms with Crippen molar-refractivity contribution in [3.8, 4) is 0 Å². The molecular weight excluding hydrogens is 278 g/mol. The van der Waals surface area contributed by atoms with Crippen LogP contribution in [0.1, 0.15) is 26.7 Å². The van der Waals surface area contributed by atoms with E-state index in [-0.39, 0.29) is 11.4 Å². The van der Waals surface area contributed by atoms with Gasteiger partial charge in [0.1, 0.15) is 4.90 Å². The fourth-order valence-electron chi connectivity index (χ4n) is 1.93. The summed E-state index contributed by atoms with van der Waals surface area (Å²) in [5.41, 5.74) is 5.53. The zero-order valence-corrected chi connectivity index (χ0v) is 12.9. The molecule has 0 saturated carbocycles. The number of nitrogens with two attached hydrogens (primary N) is 1. The van der Waals surface area contributed by atoms with Crippen molar-refractivity contribution in [1.29, 1.82) is 0 Å². The highest BCUT2D eigenvalue weighted by molar-refractivity contribution is 7.89. The summed E-state index contributed by atoms with van der Waals surface area (Å²) in [6, 6.07) is 4.61. The summed E-state index contributed by atoms with van der Waals surface area (Å²) in [7, 11) is -2.26. The number of aliphatic hydroxyl groups is 1. The highest BCUT2D eigenvalue weighted by atomic mass is 32.2. The van der Waals surface area contributed by atoms with E-state index in [1.165, 1.54) is 13.1 Å². The summed E-state index contributed by atoms with van der Waals surface area (Å²) < 4.78 is 26.2. The van der Waals surface area contributed by atoms with Gasteiger partial charge in [-0.1, -0.05) is 13.3 Å². The Morgan fingerprint density at radius 3 is 2.60 bits per heavy atom. The Hall–Kier alpha value is -1.31. The lowest BCUT2D eigenvalue weighted by atomic mass is 10.0. The average molecular weight is 301 g/mol. The fraction of sp³-hybridized carbons (Fsp3) is 0.538. The highest BCUT2D eigenvalue weighted by Crippen LogP contribution is 2.24. The van der Waals surface area contributed by atoms with E-state index in [1.54, 1.807) is 19.1 Å². The minimum absolute atomic E-state index is 0.0762. The first kappa shape index (κ1) is 16.7. The first-order valence-corrected chi connectivity index (χ1v) is 7.99. The summed E-state index contributed by atoms with van der Waals surface area (Å²) in [6.45, 7) is 3.96. The van der Waals surface area contributed by atoms with Gasteiger partial charge in [0.25, 0.3) is 0 Å². The third kappa shape index (κ3) is 4.36. The van der Waals surface area contributed by atoms with E-state index in [0.29, 0.717) is 17.8 Å². The second kappa shape index (κ2) is 6.43. The van der Waals surface area contributed by atoms with Gasteiger partial charge in [-0.05, 0) is 38.6 Å². The fourth-order valence-corrected chi connectivity index (χ4v) is 2.87. The van der Waals surface area contributed by atoms with Crippen LogP contribution >= 0.6 is 0 Å². The summed E-state index contributed by atoms with van der Waals surface area (Å²) in [4.78, 5) is 0.0762. The molecule has 0 aliphatic heterocycles. The van der Waals surface area contributed by atoms with Crippen LogP contribution in [-0.2, 0) is 10.0 Å². The molecule has 0 bridgehead atoms. The Kier molecular flexibility index (Phi) is 5.38. The van der Waals surface area contributed by atoms with Gasteiger partial charge in [0.15, 0.2) is 0 Å². The maximum atomic E-state index is 12.0. The molecule has 1 rings (SSSR count). The Labute approximate surface area is 120 Å². The second-order valence-electron chi connectivity index (χ2n) is 5.06. The number of anilines is 2. The van der Waals surface area contributed by atoms with Crippen LogP contribution in [0.3, 0.4) is 0 Å². The molecule has 1 atom stereocenters. The lowest BCUT2D eigenvalue weighted by Crippen LogP contribution is -2.33. The van der Waals surface area contributed by atoms with Gasteiger partial charge in [0.2, 0.25) is 10.0 Å². The Balaban J connectivity index is 3.02. The topological polar surface area (TPSA) is 104 Å². The van der Waals surface area contributed by atoms with Crippen LogP contribution in [0.2, 0.25) is 0 Å². The van der Waals surface area contributed by atoms with E-state index in [0.717, 1.165) is 6.42 Å². The molecule has 0 aliphatic carbocycles. The number of benzene rings is 1. The molecule has 0 heterocycles. The molecule has 6 nitrogen and oxygen atoms in total. The first-order chi connectivity index (χ1) is 9.22. The van der Waals surface area contributed by atoms with Gasteiger partial charge >= 0.3 is 0 Å². The zero-order chi connectivity index (χ0) is 15.4. The molecule has 1 unspecified atom stereocenters. The van der Waals surface area contributed by atoms with Gasteiger partial charge in [-0.25, -0.2) is 13.1 Å². The molecule has 0 fully saturated rings. The molecule has 0 radical (unpaired) electrons. The van der Waals surface area contributed by atoms with Crippen molar-refractivity contribution in [2.45, 2.75) is 37.2 Å². The minimum atomic E-state index is -3.61. The quantitative estimate of drug-likeness (QED) is 0.565. The van der Waals surface area contributed by atoms with E-state index in [1.807, 2.05) is 6.92 Å². The summed E-state index contributed by atoms with van der Waals surface area (Å²) in [5.74, 6) is 0. The van der Waals surface area contributed by atoms with Crippen LogP contribution in [0, 0.1) is 0 Å². The molecule has 7 heteroatoms. The first-order valence-electron chi connectivity index (χ1n) is 6.51. The van der Waals surface area contributed by atoms with Crippen molar-refractivity contribution in [3.63, 3.8) is 0 Å². The molecule has 0 amide bonds. The second-order valence-corrected chi connectivity index (χ2v) is 6.92. The maximum Gasteiger partial charge on any atom is 0.242 e. The Bertz CT molecular complexity index is 556. The molecule has 5 N–H and O–H groups in total. The minimum Gasteiger partial charge on any atom is -0.399 e. The molecular formula is C13H23N3O3S. The lowest BCUT2D eigenvalue weighted by Gasteiger charge is -2.24. The monoisotopic (exact) mass is 301 g/mol. The van der Waals surface area contributed by atoms with E-state index in [2.05, 4.69) is 10.0 Å². The Morgan fingerprint density at radius 1 is 1.40 bits per heavy atom. The van der Waals surface area contributed by atoms with Crippen LogP contribution in [0.4, 0.5) is 11.4 Å². The average Bonchev–Trinajstić information content (AvgIpc) is 2.37. The van der Waals surface area contributed by atoms with Gasteiger partial charge in [-0.2, -0.15) is 0 Å². The van der Waals surface area contributed by atoms with Crippen LogP contribution in [0.25, 0.3) is 0 Å². The third-order valence-corrected chi connectivity index (χ3v) is 4.47. The molecule has 0 saturated heterocycles. The number of sulfonamides is 1. The number of nitrogen functional groups attached to an aromatic ring is 1. The summed E-state index contributed by atoms with van der Waals surface area (Å²) in [5, 5.41) is 13.1. The van der Waals surface area contributed by atoms with Crippen molar-refractivity contribution >= 4 is 21.4 Å². The number of hydrogen-bond donors (Lipinski definition) is 4. The van der Waals surface area contributed by atoms with E-state index >= 15 is 0 Å². The van der Waals surface area contributed by atoms with Gasteiger partial charge in [0.05, 0.1) is 11.3 Å². The smallest absolute Gasteiger partial charge is 0.242 e. The van der Waals surface area contributed by atoms with E-state index in [4.69, 9.17) is 5.73 Å². The largest absolute Gasteiger partial charge is 0.399 e. The predicted molar refractivity (Wildman–Crippen MR) is 81.1 cm³/mol. The molecule has 1 aromatic carbocycles. The predicted octanol–water partition coefficient (Wildman–Crippen LogP) is 1.14. The molecule has 0 aliphatic rings. The van der Waals surface area contributed by atoms with Crippen molar-refractivity contribution in [2.24, 2.45) is 0 Å². The van der Waals surface area contributed by atoms with Crippen molar-refractivity contribution in [1.82, 2.24) is 4.72 Å². The highest BCUT2D eigenvalue weighted by Gasteiger charge is 2.22. The molecule has 0 aromatic heterocycles. The zero-order valence-electron chi connectivity index (χ0n) is 12.1. The molecule has 0 spiro atoms.